The van der Waals surface area contributed by atoms with E-state index in [4.69, 9.17) is 5.11 Å². The topological polar surface area (TPSA) is 71.4 Å². The fourth-order valence-corrected chi connectivity index (χ4v) is 0.923. The van der Waals surface area contributed by atoms with Crippen molar-refractivity contribution in [1.82, 2.24) is 0 Å². The highest BCUT2D eigenvalue weighted by atomic mass is 16.4. The van der Waals surface area contributed by atoms with Gasteiger partial charge in [0.15, 0.2) is 0 Å². The molecular formula is C10H16O4. The predicted octanol–water partition coefficient (Wildman–Crippen LogP) is 1.43. The minimum absolute atomic E-state index is 0.0285. The monoisotopic (exact) mass is 200 g/mol. The van der Waals surface area contributed by atoms with E-state index in [2.05, 4.69) is 0 Å². The van der Waals surface area contributed by atoms with Crippen molar-refractivity contribution in [2.24, 2.45) is 5.92 Å². The van der Waals surface area contributed by atoms with Crippen molar-refractivity contribution in [3.05, 3.63) is 0 Å². The van der Waals surface area contributed by atoms with E-state index >= 15 is 0 Å². The van der Waals surface area contributed by atoms with Crippen molar-refractivity contribution in [1.29, 1.82) is 0 Å². The first kappa shape index (κ1) is 12.8. The number of carbonyl (C=O) groups excluding carboxylic acids is 2. The second kappa shape index (κ2) is 6.29. The minimum atomic E-state index is -0.978. The molecule has 0 saturated carbocycles. The molecule has 0 saturated heterocycles. The normalized spacial score (nSPS) is 10.2. The van der Waals surface area contributed by atoms with E-state index in [9.17, 15) is 14.4 Å². The van der Waals surface area contributed by atoms with E-state index in [1.165, 1.54) is 0 Å². The van der Waals surface area contributed by atoms with Gasteiger partial charge < -0.3 is 5.11 Å². The molecule has 0 aromatic rings. The summed E-state index contributed by atoms with van der Waals surface area (Å²) in [6.45, 7) is 3.56. The Balaban J connectivity index is 3.64. The summed E-state index contributed by atoms with van der Waals surface area (Å²) in [5.74, 6) is -1.13. The second-order valence-corrected chi connectivity index (χ2v) is 3.55. The van der Waals surface area contributed by atoms with Crippen LogP contribution in [0.1, 0.15) is 39.5 Å². The Morgan fingerprint density at radius 1 is 1.00 bits per heavy atom. The van der Waals surface area contributed by atoms with Crippen LogP contribution in [0.4, 0.5) is 0 Å². The van der Waals surface area contributed by atoms with Crippen LogP contribution in [0.25, 0.3) is 0 Å². The van der Waals surface area contributed by atoms with Crippen LogP contribution >= 0.6 is 0 Å². The average Bonchev–Trinajstić information content (AvgIpc) is 2.10. The molecule has 0 aliphatic heterocycles. The summed E-state index contributed by atoms with van der Waals surface area (Å²) in [6.07, 6.45) is 0.288. The van der Waals surface area contributed by atoms with E-state index in [1.54, 1.807) is 13.8 Å². The maximum atomic E-state index is 11.1. The number of hydrogen-bond acceptors (Lipinski definition) is 3. The van der Waals surface area contributed by atoms with Crippen LogP contribution in [0.3, 0.4) is 0 Å². The van der Waals surface area contributed by atoms with Gasteiger partial charge in [-0.1, -0.05) is 13.8 Å². The summed E-state index contributed by atoms with van der Waals surface area (Å²) >= 11 is 0. The fourth-order valence-electron chi connectivity index (χ4n) is 0.923. The number of hydrogen-bond donors (Lipinski definition) is 1. The van der Waals surface area contributed by atoms with E-state index in [-0.39, 0.29) is 43.2 Å². The van der Waals surface area contributed by atoms with Crippen molar-refractivity contribution in [3.8, 4) is 0 Å². The van der Waals surface area contributed by atoms with Crippen LogP contribution in [-0.4, -0.2) is 22.6 Å². The number of carboxylic acid groups (broad SMARTS) is 1. The van der Waals surface area contributed by atoms with Crippen molar-refractivity contribution >= 4 is 17.5 Å². The maximum Gasteiger partial charge on any atom is 0.303 e. The molecule has 0 amide bonds. The molecule has 0 spiro atoms. The van der Waals surface area contributed by atoms with Crippen molar-refractivity contribution in [2.75, 3.05) is 0 Å². The quantitative estimate of drug-likeness (QED) is 0.674. The van der Waals surface area contributed by atoms with E-state index < -0.39 is 5.97 Å². The van der Waals surface area contributed by atoms with Gasteiger partial charge in [-0.05, 0) is 0 Å². The summed E-state index contributed by atoms with van der Waals surface area (Å²) in [5, 5.41) is 8.31. The van der Waals surface area contributed by atoms with E-state index in [0.717, 1.165) is 0 Å². The van der Waals surface area contributed by atoms with Gasteiger partial charge in [0.2, 0.25) is 0 Å². The van der Waals surface area contributed by atoms with Crippen LogP contribution in [0.5, 0.6) is 0 Å². The van der Waals surface area contributed by atoms with E-state index in [0.29, 0.717) is 0 Å². The zero-order valence-corrected chi connectivity index (χ0v) is 8.58. The Kier molecular flexibility index (Phi) is 5.76. The summed E-state index contributed by atoms with van der Waals surface area (Å²) in [4.78, 5) is 32.3. The molecule has 80 valence electrons. The molecule has 0 atom stereocenters. The molecule has 0 heterocycles. The van der Waals surface area contributed by atoms with Crippen LogP contribution in [0.15, 0.2) is 0 Å². The summed E-state index contributed by atoms with van der Waals surface area (Å²) in [6, 6.07) is 0. The number of carbonyl (C=O) groups is 3. The fraction of sp³-hybridized carbons (Fsp3) is 0.700. The Morgan fingerprint density at radius 3 is 1.93 bits per heavy atom. The third kappa shape index (κ3) is 6.34. The lowest BCUT2D eigenvalue weighted by Gasteiger charge is -2.02. The van der Waals surface area contributed by atoms with Gasteiger partial charge in [-0.2, -0.15) is 0 Å². The zero-order chi connectivity index (χ0) is 11.1. The highest BCUT2D eigenvalue weighted by Crippen LogP contribution is 2.04. The lowest BCUT2D eigenvalue weighted by molar-refractivity contribution is -0.138. The Labute approximate surface area is 83.3 Å². The van der Waals surface area contributed by atoms with Crippen LogP contribution in [0.2, 0.25) is 0 Å². The molecule has 4 nitrogen and oxygen atoms in total. The SMILES string of the molecule is CC(C)C(=O)CCC(=O)CCC(=O)O. The van der Waals surface area contributed by atoms with Gasteiger partial charge in [-0.15, -0.1) is 0 Å². The zero-order valence-electron chi connectivity index (χ0n) is 8.58. The smallest absolute Gasteiger partial charge is 0.303 e. The third-order valence-electron chi connectivity index (χ3n) is 1.91. The van der Waals surface area contributed by atoms with Gasteiger partial charge in [0, 0.05) is 25.2 Å². The van der Waals surface area contributed by atoms with Crippen molar-refractivity contribution in [2.45, 2.75) is 39.5 Å². The molecule has 0 fully saturated rings. The van der Waals surface area contributed by atoms with Crippen LogP contribution in [0, 0.1) is 5.92 Å². The highest BCUT2D eigenvalue weighted by molar-refractivity contribution is 5.88. The third-order valence-corrected chi connectivity index (χ3v) is 1.91. The average molecular weight is 200 g/mol. The van der Waals surface area contributed by atoms with Gasteiger partial charge in [0.25, 0.3) is 0 Å². The molecule has 0 rings (SSSR count). The number of Topliss-reactive ketones (excluding diaryl/α,β-unsaturated/α-hetero) is 2. The molecule has 4 heteroatoms. The lowest BCUT2D eigenvalue weighted by atomic mass is 10.0. The van der Waals surface area contributed by atoms with Gasteiger partial charge in [-0.25, -0.2) is 0 Å². The van der Waals surface area contributed by atoms with Crippen molar-refractivity contribution in [3.63, 3.8) is 0 Å². The standard InChI is InChI=1S/C10H16O4/c1-7(2)9(12)5-3-8(11)4-6-10(13)14/h7H,3-6H2,1-2H3,(H,13,14). The summed E-state index contributed by atoms with van der Waals surface area (Å²) < 4.78 is 0. The first-order chi connectivity index (χ1) is 6.43. The molecule has 0 aromatic heterocycles. The number of rotatable bonds is 7. The largest absolute Gasteiger partial charge is 0.481 e. The van der Waals surface area contributed by atoms with Gasteiger partial charge in [0.1, 0.15) is 11.6 Å². The second-order valence-electron chi connectivity index (χ2n) is 3.55. The van der Waals surface area contributed by atoms with Crippen molar-refractivity contribution < 1.29 is 19.5 Å². The van der Waals surface area contributed by atoms with Gasteiger partial charge >= 0.3 is 5.97 Å². The Bertz CT molecular complexity index is 230. The number of aliphatic carboxylic acids is 1. The minimum Gasteiger partial charge on any atom is -0.481 e. The van der Waals surface area contributed by atoms with E-state index in [1.807, 2.05) is 0 Å². The molecule has 0 unspecified atom stereocenters. The molecule has 0 radical (unpaired) electrons. The number of ketones is 2. The Morgan fingerprint density at radius 2 is 1.50 bits per heavy atom. The molecule has 0 aromatic carbocycles. The summed E-state index contributed by atoms with van der Waals surface area (Å²) in [7, 11) is 0. The predicted molar refractivity (Wildman–Crippen MR) is 51.0 cm³/mol. The lowest BCUT2D eigenvalue weighted by Crippen LogP contribution is -2.10. The molecule has 1 N–H and O–H groups in total. The van der Waals surface area contributed by atoms with Crippen LogP contribution < -0.4 is 0 Å². The molecule has 0 aliphatic carbocycles. The Hall–Kier alpha value is -1.19. The highest BCUT2D eigenvalue weighted by Gasteiger charge is 2.11. The molecule has 0 aliphatic rings. The van der Waals surface area contributed by atoms with Gasteiger partial charge in [0.05, 0.1) is 6.42 Å². The van der Waals surface area contributed by atoms with Crippen LogP contribution in [-0.2, 0) is 14.4 Å². The summed E-state index contributed by atoms with van der Waals surface area (Å²) in [5.41, 5.74) is 0. The first-order valence-electron chi connectivity index (χ1n) is 4.69. The first-order valence-corrected chi connectivity index (χ1v) is 4.69. The maximum absolute atomic E-state index is 11.1. The molecular weight excluding hydrogens is 184 g/mol. The molecule has 14 heavy (non-hydrogen) atoms. The number of carboxylic acids is 1. The van der Waals surface area contributed by atoms with Gasteiger partial charge in [-0.3, -0.25) is 14.4 Å². The molecule has 0 bridgehead atoms.